The average Bonchev–Trinajstić information content (AvgIpc) is 2.41. The highest BCUT2D eigenvalue weighted by molar-refractivity contribution is 9.10. The Hall–Kier alpha value is -1.66. The number of fused-ring (bicyclic) bond motifs is 1. The van der Waals surface area contributed by atoms with Crippen molar-refractivity contribution in [2.45, 2.75) is 0 Å². The van der Waals surface area contributed by atoms with Crippen molar-refractivity contribution in [3.05, 3.63) is 46.0 Å². The quantitative estimate of drug-likeness (QED) is 0.635. The van der Waals surface area contributed by atoms with Crippen molar-refractivity contribution < 1.29 is 4.39 Å². The molecule has 0 saturated heterocycles. The first-order chi connectivity index (χ1) is 9.15. The Labute approximate surface area is 120 Å². The van der Waals surface area contributed by atoms with Crippen LogP contribution in [0.4, 0.5) is 4.39 Å². The molecule has 0 spiro atoms. The highest BCUT2D eigenvalue weighted by Crippen LogP contribution is 2.26. The molecule has 7 heteroatoms. The zero-order valence-corrected chi connectivity index (χ0v) is 11.7. The van der Waals surface area contributed by atoms with Gasteiger partial charge in [0.05, 0.1) is 5.56 Å². The second kappa shape index (κ2) is 4.79. The van der Waals surface area contributed by atoms with E-state index in [2.05, 4.69) is 35.9 Å². The third-order valence-electron chi connectivity index (χ3n) is 2.46. The normalized spacial score (nSPS) is 10.9. The minimum Gasteiger partial charge on any atom is -0.248 e. The molecule has 94 valence electrons. The molecule has 0 N–H and O–H groups in total. The lowest BCUT2D eigenvalue weighted by Crippen LogP contribution is -1.97. The van der Waals surface area contributed by atoms with E-state index in [-0.39, 0.29) is 16.5 Å². The maximum atomic E-state index is 13.8. The second-order valence-electron chi connectivity index (χ2n) is 3.69. The summed E-state index contributed by atoms with van der Waals surface area (Å²) in [6.45, 7) is 0. The third kappa shape index (κ3) is 2.29. The average molecular weight is 340 g/mol. The predicted octanol–water partition coefficient (Wildman–Crippen LogP) is 3.64. The highest BCUT2D eigenvalue weighted by Gasteiger charge is 2.13. The fourth-order valence-corrected chi connectivity index (χ4v) is 2.19. The van der Waals surface area contributed by atoms with E-state index in [1.807, 2.05) is 0 Å². The zero-order chi connectivity index (χ0) is 13.4. The Balaban J connectivity index is 2.28. The molecular formula is C12H5BrClFN4. The van der Waals surface area contributed by atoms with E-state index in [9.17, 15) is 4.39 Å². The molecule has 3 aromatic rings. The van der Waals surface area contributed by atoms with Crippen molar-refractivity contribution in [3.8, 4) is 11.4 Å². The summed E-state index contributed by atoms with van der Waals surface area (Å²) in [4.78, 5) is 16.3. The van der Waals surface area contributed by atoms with Gasteiger partial charge in [-0.1, -0.05) is 27.5 Å². The molecule has 3 rings (SSSR count). The molecule has 0 saturated carbocycles. The first kappa shape index (κ1) is 12.4. The molecule has 4 nitrogen and oxygen atoms in total. The zero-order valence-electron chi connectivity index (χ0n) is 9.31. The molecule has 0 atom stereocenters. The first-order valence-corrected chi connectivity index (χ1v) is 6.42. The molecule has 0 aliphatic carbocycles. The molecule has 0 unspecified atom stereocenters. The van der Waals surface area contributed by atoms with E-state index < -0.39 is 5.82 Å². The number of halogens is 3. The van der Waals surface area contributed by atoms with Gasteiger partial charge in [-0.05, 0) is 18.2 Å². The van der Waals surface area contributed by atoms with Crippen LogP contribution in [0.15, 0.2) is 35.1 Å². The van der Waals surface area contributed by atoms with Gasteiger partial charge in [-0.15, -0.1) is 0 Å². The lowest BCUT2D eigenvalue weighted by Gasteiger charge is -2.04. The van der Waals surface area contributed by atoms with Crippen LogP contribution >= 0.6 is 27.5 Å². The van der Waals surface area contributed by atoms with E-state index in [1.165, 1.54) is 18.5 Å². The number of hydrogen-bond acceptors (Lipinski definition) is 4. The molecule has 0 aliphatic heterocycles. The number of aromatic nitrogens is 4. The van der Waals surface area contributed by atoms with Crippen LogP contribution in [0, 0.1) is 5.82 Å². The summed E-state index contributed by atoms with van der Waals surface area (Å²) >= 11 is 9.30. The summed E-state index contributed by atoms with van der Waals surface area (Å²) in [5.74, 6) is -0.251. The maximum Gasteiger partial charge on any atom is 0.183 e. The fourth-order valence-electron chi connectivity index (χ4n) is 1.62. The first-order valence-electron chi connectivity index (χ1n) is 5.25. The van der Waals surface area contributed by atoms with Gasteiger partial charge in [-0.3, -0.25) is 0 Å². The van der Waals surface area contributed by atoms with Crippen molar-refractivity contribution >= 4 is 38.7 Å². The van der Waals surface area contributed by atoms with Gasteiger partial charge in [0, 0.05) is 16.9 Å². The minimum atomic E-state index is -0.428. The lowest BCUT2D eigenvalue weighted by molar-refractivity contribution is 0.629. The molecular weight excluding hydrogens is 335 g/mol. The maximum absolute atomic E-state index is 13.8. The number of nitrogens with zero attached hydrogens (tertiary/aromatic N) is 4. The molecule has 2 heterocycles. The number of rotatable bonds is 1. The van der Waals surface area contributed by atoms with E-state index >= 15 is 0 Å². The standard InChI is InChI=1S/C12H5BrClFN4/c13-6-1-2-8(15)7(5-6)11-18-10(14)9-12(19-11)17-4-3-16-9/h1-5H. The SMILES string of the molecule is Fc1ccc(Br)cc1-c1nc(Cl)c2nccnc2n1. The molecule has 1 aromatic carbocycles. The Morgan fingerprint density at radius 1 is 1.11 bits per heavy atom. The van der Waals surface area contributed by atoms with Crippen molar-refractivity contribution in [1.29, 1.82) is 0 Å². The van der Waals surface area contributed by atoms with Crippen LogP contribution in [0.1, 0.15) is 0 Å². The Bertz CT molecular complexity index is 781. The molecule has 0 radical (unpaired) electrons. The van der Waals surface area contributed by atoms with Crippen molar-refractivity contribution in [2.75, 3.05) is 0 Å². The smallest absolute Gasteiger partial charge is 0.183 e. The number of hydrogen-bond donors (Lipinski definition) is 0. The van der Waals surface area contributed by atoms with Crippen LogP contribution in [-0.4, -0.2) is 19.9 Å². The summed E-state index contributed by atoms with van der Waals surface area (Å²) in [6, 6.07) is 4.52. The van der Waals surface area contributed by atoms with Crippen LogP contribution < -0.4 is 0 Å². The van der Waals surface area contributed by atoms with Crippen LogP contribution in [0.2, 0.25) is 5.15 Å². The van der Waals surface area contributed by atoms with Gasteiger partial charge in [0.1, 0.15) is 11.3 Å². The van der Waals surface area contributed by atoms with E-state index in [0.717, 1.165) is 4.47 Å². The summed E-state index contributed by atoms with van der Waals surface area (Å²) in [5.41, 5.74) is 0.976. The Kier molecular flexibility index (Phi) is 3.12. The van der Waals surface area contributed by atoms with Crippen LogP contribution in [0.25, 0.3) is 22.6 Å². The molecule has 0 fully saturated rings. The van der Waals surface area contributed by atoms with Crippen molar-refractivity contribution in [3.63, 3.8) is 0 Å². The highest BCUT2D eigenvalue weighted by atomic mass is 79.9. The van der Waals surface area contributed by atoms with Crippen molar-refractivity contribution in [1.82, 2.24) is 19.9 Å². The number of benzene rings is 1. The van der Waals surface area contributed by atoms with Gasteiger partial charge in [0.25, 0.3) is 0 Å². The third-order valence-corrected chi connectivity index (χ3v) is 3.22. The fraction of sp³-hybridized carbons (Fsp3) is 0. The molecule has 0 bridgehead atoms. The van der Waals surface area contributed by atoms with E-state index in [1.54, 1.807) is 12.1 Å². The summed E-state index contributed by atoms with van der Waals surface area (Å²) < 4.78 is 14.5. The largest absolute Gasteiger partial charge is 0.248 e. The monoisotopic (exact) mass is 338 g/mol. The van der Waals surface area contributed by atoms with Crippen LogP contribution in [0.5, 0.6) is 0 Å². The molecule has 19 heavy (non-hydrogen) atoms. The van der Waals surface area contributed by atoms with Gasteiger partial charge in [0.15, 0.2) is 16.6 Å². The van der Waals surface area contributed by atoms with Crippen LogP contribution in [-0.2, 0) is 0 Å². The molecule has 0 aliphatic rings. The Morgan fingerprint density at radius 3 is 2.74 bits per heavy atom. The predicted molar refractivity (Wildman–Crippen MR) is 73.2 cm³/mol. The Morgan fingerprint density at radius 2 is 1.89 bits per heavy atom. The minimum absolute atomic E-state index is 0.146. The summed E-state index contributed by atoms with van der Waals surface area (Å²) in [5, 5.41) is 0.146. The molecule has 2 aromatic heterocycles. The second-order valence-corrected chi connectivity index (χ2v) is 4.96. The van der Waals surface area contributed by atoms with Gasteiger partial charge < -0.3 is 0 Å². The van der Waals surface area contributed by atoms with Crippen molar-refractivity contribution in [2.24, 2.45) is 0 Å². The topological polar surface area (TPSA) is 51.6 Å². The van der Waals surface area contributed by atoms with Gasteiger partial charge in [0.2, 0.25) is 0 Å². The summed E-state index contributed by atoms with van der Waals surface area (Å²) in [7, 11) is 0. The van der Waals surface area contributed by atoms with E-state index in [0.29, 0.717) is 11.2 Å². The summed E-state index contributed by atoms with van der Waals surface area (Å²) in [6.07, 6.45) is 2.99. The van der Waals surface area contributed by atoms with Gasteiger partial charge in [-0.25, -0.2) is 24.3 Å². The van der Waals surface area contributed by atoms with Crippen LogP contribution in [0.3, 0.4) is 0 Å². The lowest BCUT2D eigenvalue weighted by atomic mass is 10.2. The molecule has 0 amide bonds. The van der Waals surface area contributed by atoms with Gasteiger partial charge in [-0.2, -0.15) is 0 Å². The van der Waals surface area contributed by atoms with Gasteiger partial charge >= 0.3 is 0 Å². The van der Waals surface area contributed by atoms with E-state index in [4.69, 9.17) is 11.6 Å².